The Morgan fingerprint density at radius 3 is 2.86 bits per heavy atom. The summed E-state index contributed by atoms with van der Waals surface area (Å²) >= 11 is 0. The molecule has 1 aromatic carbocycles. The molecule has 0 saturated heterocycles. The van der Waals surface area contributed by atoms with Crippen molar-refractivity contribution in [1.29, 1.82) is 5.41 Å². The molecule has 114 valence electrons. The van der Waals surface area contributed by atoms with E-state index in [0.717, 1.165) is 39.1 Å². The van der Waals surface area contributed by atoms with Gasteiger partial charge in [-0.2, -0.15) is 4.98 Å². The van der Waals surface area contributed by atoms with Crippen LogP contribution in [0, 0.1) is 5.41 Å². The molecule has 3 rings (SSSR count). The SMILES string of the molecule is CC(C)c1nc(Nc2ccc(SCl)c3ccoc23)nn1C=N. The van der Waals surface area contributed by atoms with Crippen LogP contribution in [0.2, 0.25) is 0 Å². The Morgan fingerprint density at radius 1 is 1.41 bits per heavy atom. The van der Waals surface area contributed by atoms with Crippen molar-refractivity contribution < 1.29 is 4.42 Å². The Bertz CT molecular complexity index is 826. The minimum absolute atomic E-state index is 0.170. The first-order chi connectivity index (χ1) is 10.6. The molecule has 0 fully saturated rings. The Morgan fingerprint density at radius 2 is 2.23 bits per heavy atom. The summed E-state index contributed by atoms with van der Waals surface area (Å²) in [4.78, 5) is 5.35. The highest BCUT2D eigenvalue weighted by molar-refractivity contribution is 8.21. The Labute approximate surface area is 135 Å². The lowest BCUT2D eigenvalue weighted by Crippen LogP contribution is -2.04. The second-order valence-electron chi connectivity index (χ2n) is 5.00. The molecule has 0 atom stereocenters. The Kier molecular flexibility index (Phi) is 4.08. The lowest BCUT2D eigenvalue weighted by Gasteiger charge is -2.04. The number of halogens is 1. The van der Waals surface area contributed by atoms with Gasteiger partial charge in [0.25, 0.3) is 0 Å². The average Bonchev–Trinajstić information content (AvgIpc) is 3.14. The summed E-state index contributed by atoms with van der Waals surface area (Å²) in [6.07, 6.45) is 2.76. The van der Waals surface area contributed by atoms with E-state index in [4.69, 9.17) is 20.5 Å². The molecular weight excluding hydrogens is 322 g/mol. The van der Waals surface area contributed by atoms with Crippen molar-refractivity contribution in [2.24, 2.45) is 0 Å². The van der Waals surface area contributed by atoms with Crippen LogP contribution in [0.5, 0.6) is 0 Å². The molecule has 0 amide bonds. The number of furan rings is 1. The van der Waals surface area contributed by atoms with Gasteiger partial charge < -0.3 is 9.73 Å². The molecule has 2 aromatic heterocycles. The second-order valence-corrected chi connectivity index (χ2v) is 6.06. The summed E-state index contributed by atoms with van der Waals surface area (Å²) in [6, 6.07) is 5.65. The van der Waals surface area contributed by atoms with E-state index in [9.17, 15) is 0 Å². The number of fused-ring (bicyclic) bond motifs is 1. The molecule has 6 nitrogen and oxygen atoms in total. The van der Waals surface area contributed by atoms with Gasteiger partial charge in [-0.25, -0.2) is 4.68 Å². The predicted octanol–water partition coefficient (Wildman–Crippen LogP) is 4.59. The molecule has 2 heterocycles. The molecule has 3 aromatic rings. The standard InChI is InChI=1S/C14H14ClN5OS/c1-8(2)13-18-14(19-20(13)7-16)17-10-3-4-11(22-15)9-5-6-21-12(9)10/h3-8,16H,1-2H3,(H,17,19). The van der Waals surface area contributed by atoms with Gasteiger partial charge in [0.2, 0.25) is 5.95 Å². The van der Waals surface area contributed by atoms with Gasteiger partial charge in [-0.1, -0.05) is 13.8 Å². The summed E-state index contributed by atoms with van der Waals surface area (Å²) in [5, 5.41) is 15.7. The van der Waals surface area contributed by atoms with Crippen molar-refractivity contribution >= 4 is 50.6 Å². The smallest absolute Gasteiger partial charge is 0.247 e. The Balaban J connectivity index is 2.00. The first kappa shape index (κ1) is 14.9. The fourth-order valence-corrected chi connectivity index (χ4v) is 2.97. The molecule has 22 heavy (non-hydrogen) atoms. The van der Waals surface area contributed by atoms with Gasteiger partial charge in [0.15, 0.2) is 5.58 Å². The van der Waals surface area contributed by atoms with E-state index < -0.39 is 0 Å². The molecule has 0 aliphatic heterocycles. The van der Waals surface area contributed by atoms with Gasteiger partial charge in [0.05, 0.1) is 12.0 Å². The summed E-state index contributed by atoms with van der Waals surface area (Å²) < 4.78 is 6.99. The highest BCUT2D eigenvalue weighted by Gasteiger charge is 2.14. The van der Waals surface area contributed by atoms with Crippen LogP contribution < -0.4 is 5.32 Å². The number of hydrogen-bond acceptors (Lipinski definition) is 6. The largest absolute Gasteiger partial charge is 0.462 e. The predicted molar refractivity (Wildman–Crippen MR) is 89.5 cm³/mol. The van der Waals surface area contributed by atoms with E-state index in [2.05, 4.69) is 15.4 Å². The summed E-state index contributed by atoms with van der Waals surface area (Å²) in [5.74, 6) is 1.32. The molecular formula is C14H14ClN5OS. The molecule has 0 spiro atoms. The normalized spacial score (nSPS) is 11.3. The molecule has 8 heteroatoms. The number of aromatic nitrogens is 3. The first-order valence-electron chi connectivity index (χ1n) is 6.67. The number of anilines is 2. The number of rotatable bonds is 5. The van der Waals surface area contributed by atoms with Crippen molar-refractivity contribution in [3.63, 3.8) is 0 Å². The van der Waals surface area contributed by atoms with Gasteiger partial charge in [0, 0.05) is 16.2 Å². The molecule has 0 radical (unpaired) electrons. The summed E-state index contributed by atoms with van der Waals surface area (Å²) in [6.45, 7) is 4.01. The maximum atomic E-state index is 7.40. The highest BCUT2D eigenvalue weighted by Crippen LogP contribution is 2.36. The van der Waals surface area contributed by atoms with E-state index in [-0.39, 0.29) is 5.92 Å². The number of nitrogens with zero attached hydrogens (tertiary/aromatic N) is 3. The van der Waals surface area contributed by atoms with Gasteiger partial charge in [-0.15, -0.1) is 5.10 Å². The zero-order chi connectivity index (χ0) is 15.7. The van der Waals surface area contributed by atoms with Crippen LogP contribution >= 0.6 is 21.7 Å². The average molecular weight is 336 g/mol. The van der Waals surface area contributed by atoms with Crippen LogP contribution in [0.1, 0.15) is 25.6 Å². The summed E-state index contributed by atoms with van der Waals surface area (Å²) in [7, 11) is 7.01. The van der Waals surface area contributed by atoms with Crippen molar-refractivity contribution in [2.45, 2.75) is 24.7 Å². The van der Waals surface area contributed by atoms with E-state index in [1.54, 1.807) is 6.26 Å². The maximum absolute atomic E-state index is 7.40. The fourth-order valence-electron chi connectivity index (χ4n) is 2.20. The third-order valence-electron chi connectivity index (χ3n) is 3.20. The van der Waals surface area contributed by atoms with Crippen molar-refractivity contribution in [3.8, 4) is 0 Å². The quantitative estimate of drug-likeness (QED) is 0.526. The van der Waals surface area contributed by atoms with Crippen molar-refractivity contribution in [1.82, 2.24) is 14.8 Å². The van der Waals surface area contributed by atoms with Crippen LogP contribution in [0.15, 0.2) is 33.8 Å². The summed E-state index contributed by atoms with van der Waals surface area (Å²) in [5.41, 5.74) is 1.45. The van der Waals surface area contributed by atoms with E-state index in [0.29, 0.717) is 11.5 Å². The van der Waals surface area contributed by atoms with E-state index >= 15 is 0 Å². The van der Waals surface area contributed by atoms with Crippen molar-refractivity contribution in [2.75, 3.05) is 5.32 Å². The second kappa shape index (κ2) is 6.02. The number of hydrogen-bond donors (Lipinski definition) is 2. The number of benzene rings is 1. The van der Waals surface area contributed by atoms with Gasteiger partial charge in [0.1, 0.15) is 12.2 Å². The molecule has 0 unspecified atom stereocenters. The van der Waals surface area contributed by atoms with Gasteiger partial charge in [-0.3, -0.25) is 5.41 Å². The molecule has 0 bridgehead atoms. The zero-order valence-corrected chi connectivity index (χ0v) is 13.6. The lowest BCUT2D eigenvalue weighted by atomic mass is 10.2. The fraction of sp³-hybridized carbons (Fsp3) is 0.214. The maximum Gasteiger partial charge on any atom is 0.247 e. The Hall–Kier alpha value is -1.99. The minimum atomic E-state index is 0.170. The van der Waals surface area contributed by atoms with E-state index in [1.165, 1.54) is 4.68 Å². The first-order valence-corrected chi connectivity index (χ1v) is 8.31. The lowest BCUT2D eigenvalue weighted by molar-refractivity contribution is 0.616. The van der Waals surface area contributed by atoms with Crippen LogP contribution in [-0.4, -0.2) is 21.1 Å². The van der Waals surface area contributed by atoms with Gasteiger partial charge in [-0.05, 0) is 39.9 Å². The van der Waals surface area contributed by atoms with Crippen LogP contribution in [-0.2, 0) is 0 Å². The van der Waals surface area contributed by atoms with Crippen LogP contribution in [0.4, 0.5) is 11.6 Å². The zero-order valence-electron chi connectivity index (χ0n) is 12.0. The molecule has 0 aliphatic rings. The third kappa shape index (κ3) is 2.57. The minimum Gasteiger partial charge on any atom is -0.462 e. The highest BCUT2D eigenvalue weighted by atomic mass is 35.7. The monoisotopic (exact) mass is 335 g/mol. The van der Waals surface area contributed by atoms with E-state index in [1.807, 2.05) is 32.0 Å². The van der Waals surface area contributed by atoms with Crippen LogP contribution in [0.25, 0.3) is 11.0 Å². The topological polar surface area (TPSA) is 79.7 Å². The van der Waals surface area contributed by atoms with Crippen molar-refractivity contribution in [3.05, 3.63) is 30.3 Å². The van der Waals surface area contributed by atoms with Gasteiger partial charge >= 0.3 is 0 Å². The number of nitrogens with one attached hydrogen (secondary N) is 2. The molecule has 0 saturated carbocycles. The third-order valence-corrected chi connectivity index (χ3v) is 4.22. The van der Waals surface area contributed by atoms with Crippen LogP contribution in [0.3, 0.4) is 0 Å². The molecule has 0 aliphatic carbocycles. The molecule has 2 N–H and O–H groups in total.